The third-order valence-electron chi connectivity index (χ3n) is 2.85. The first kappa shape index (κ1) is 10.2. The fourth-order valence-corrected chi connectivity index (χ4v) is 2.51. The minimum Gasteiger partial charge on any atom is -0.336 e. The first-order valence-corrected chi connectivity index (χ1v) is 5.96. The molecule has 0 saturated heterocycles. The molecule has 78 valence electrons. The van der Waals surface area contributed by atoms with Crippen LogP contribution in [0.15, 0.2) is 10.8 Å². The predicted molar refractivity (Wildman–Crippen MR) is 60.0 cm³/mol. The highest BCUT2D eigenvalue weighted by molar-refractivity contribution is 9.10. The summed E-state index contributed by atoms with van der Waals surface area (Å²) in [5, 5.41) is 3.55. The van der Waals surface area contributed by atoms with E-state index in [1.54, 1.807) is 0 Å². The van der Waals surface area contributed by atoms with Crippen LogP contribution < -0.4 is 5.32 Å². The van der Waals surface area contributed by atoms with Crippen molar-refractivity contribution in [3.8, 4) is 0 Å². The monoisotopic (exact) mass is 257 g/mol. The SMILES string of the molecule is Cn1cc(Br)nc1CNC1CCCC1. The van der Waals surface area contributed by atoms with Crippen LogP contribution in [-0.2, 0) is 13.6 Å². The number of nitrogens with one attached hydrogen (secondary N) is 1. The topological polar surface area (TPSA) is 29.9 Å². The molecular formula is C10H16BrN3. The van der Waals surface area contributed by atoms with E-state index < -0.39 is 0 Å². The van der Waals surface area contributed by atoms with E-state index in [1.807, 2.05) is 13.2 Å². The molecule has 0 aromatic carbocycles. The summed E-state index contributed by atoms with van der Waals surface area (Å²) in [4.78, 5) is 4.39. The van der Waals surface area contributed by atoms with Gasteiger partial charge in [0.1, 0.15) is 10.4 Å². The van der Waals surface area contributed by atoms with Gasteiger partial charge in [0.25, 0.3) is 0 Å². The number of aromatic nitrogens is 2. The van der Waals surface area contributed by atoms with E-state index >= 15 is 0 Å². The van der Waals surface area contributed by atoms with E-state index in [4.69, 9.17) is 0 Å². The minimum atomic E-state index is 0.713. The van der Waals surface area contributed by atoms with Crippen molar-refractivity contribution in [3.05, 3.63) is 16.6 Å². The van der Waals surface area contributed by atoms with E-state index in [-0.39, 0.29) is 0 Å². The average molecular weight is 258 g/mol. The summed E-state index contributed by atoms with van der Waals surface area (Å²) in [5.41, 5.74) is 0. The fourth-order valence-electron chi connectivity index (χ4n) is 2.00. The number of imidazole rings is 1. The van der Waals surface area contributed by atoms with Crippen molar-refractivity contribution < 1.29 is 0 Å². The number of aryl methyl sites for hydroxylation is 1. The van der Waals surface area contributed by atoms with Crippen LogP contribution >= 0.6 is 15.9 Å². The van der Waals surface area contributed by atoms with Gasteiger partial charge in [-0.3, -0.25) is 0 Å². The number of halogens is 1. The third-order valence-corrected chi connectivity index (χ3v) is 3.23. The molecule has 3 nitrogen and oxygen atoms in total. The van der Waals surface area contributed by atoms with Gasteiger partial charge in [-0.05, 0) is 28.8 Å². The summed E-state index contributed by atoms with van der Waals surface area (Å²) < 4.78 is 2.98. The Morgan fingerprint density at radius 1 is 1.57 bits per heavy atom. The van der Waals surface area contributed by atoms with Crippen molar-refractivity contribution in [1.29, 1.82) is 0 Å². The zero-order chi connectivity index (χ0) is 9.97. The molecule has 1 aromatic heterocycles. The minimum absolute atomic E-state index is 0.713. The summed E-state index contributed by atoms with van der Waals surface area (Å²) in [6.07, 6.45) is 7.40. The average Bonchev–Trinajstić information content (AvgIpc) is 2.72. The molecule has 1 aliphatic rings. The van der Waals surface area contributed by atoms with Crippen LogP contribution in [0, 0.1) is 0 Å². The van der Waals surface area contributed by atoms with E-state index in [2.05, 4.69) is 30.8 Å². The van der Waals surface area contributed by atoms with E-state index in [1.165, 1.54) is 25.7 Å². The highest BCUT2D eigenvalue weighted by atomic mass is 79.9. The normalized spacial score (nSPS) is 17.9. The van der Waals surface area contributed by atoms with Crippen LogP contribution in [0.3, 0.4) is 0 Å². The molecule has 2 rings (SSSR count). The van der Waals surface area contributed by atoms with Crippen LogP contribution in [0.5, 0.6) is 0 Å². The van der Waals surface area contributed by atoms with Gasteiger partial charge in [-0.15, -0.1) is 0 Å². The first-order chi connectivity index (χ1) is 6.75. The van der Waals surface area contributed by atoms with Gasteiger partial charge in [0.2, 0.25) is 0 Å². The van der Waals surface area contributed by atoms with Gasteiger partial charge in [0.05, 0.1) is 6.54 Å². The summed E-state index contributed by atoms with van der Waals surface area (Å²) in [6.45, 7) is 0.882. The van der Waals surface area contributed by atoms with Crippen LogP contribution in [0.25, 0.3) is 0 Å². The number of hydrogen-bond acceptors (Lipinski definition) is 2. The lowest BCUT2D eigenvalue weighted by atomic mass is 10.2. The second kappa shape index (κ2) is 4.45. The molecule has 0 radical (unpaired) electrons. The van der Waals surface area contributed by atoms with Crippen molar-refractivity contribution in [2.75, 3.05) is 0 Å². The molecule has 1 aliphatic carbocycles. The van der Waals surface area contributed by atoms with Crippen LogP contribution in [-0.4, -0.2) is 15.6 Å². The Morgan fingerprint density at radius 3 is 2.86 bits per heavy atom. The summed E-state index contributed by atoms with van der Waals surface area (Å²) in [6, 6.07) is 0.713. The molecule has 0 bridgehead atoms. The number of nitrogens with zero attached hydrogens (tertiary/aromatic N) is 2. The molecule has 1 heterocycles. The maximum Gasteiger partial charge on any atom is 0.124 e. The standard InChI is InChI=1S/C10H16BrN3/c1-14-7-9(11)13-10(14)6-12-8-4-2-3-5-8/h7-8,12H,2-6H2,1H3. The van der Waals surface area contributed by atoms with Gasteiger partial charge < -0.3 is 9.88 Å². The van der Waals surface area contributed by atoms with Crippen molar-refractivity contribution in [2.45, 2.75) is 38.3 Å². The van der Waals surface area contributed by atoms with Gasteiger partial charge in [0.15, 0.2) is 0 Å². The van der Waals surface area contributed by atoms with Crippen molar-refractivity contribution in [2.24, 2.45) is 7.05 Å². The summed E-state index contributed by atoms with van der Waals surface area (Å²) in [5.74, 6) is 1.10. The highest BCUT2D eigenvalue weighted by Gasteiger charge is 2.14. The maximum absolute atomic E-state index is 4.39. The van der Waals surface area contributed by atoms with Gasteiger partial charge in [-0.2, -0.15) is 0 Å². The molecule has 0 spiro atoms. The molecule has 1 fully saturated rings. The Hall–Kier alpha value is -0.350. The van der Waals surface area contributed by atoms with E-state index in [0.717, 1.165) is 17.0 Å². The Morgan fingerprint density at radius 2 is 2.29 bits per heavy atom. The van der Waals surface area contributed by atoms with Crippen molar-refractivity contribution in [3.63, 3.8) is 0 Å². The quantitative estimate of drug-likeness (QED) is 0.900. The van der Waals surface area contributed by atoms with E-state index in [0.29, 0.717) is 6.04 Å². The molecule has 1 N–H and O–H groups in total. The highest BCUT2D eigenvalue weighted by Crippen LogP contribution is 2.18. The predicted octanol–water partition coefficient (Wildman–Crippen LogP) is 2.21. The summed E-state index contributed by atoms with van der Waals surface area (Å²) in [7, 11) is 2.03. The van der Waals surface area contributed by atoms with Crippen LogP contribution in [0.2, 0.25) is 0 Å². The molecule has 0 aliphatic heterocycles. The van der Waals surface area contributed by atoms with Crippen molar-refractivity contribution in [1.82, 2.24) is 14.9 Å². The lowest BCUT2D eigenvalue weighted by Crippen LogP contribution is -2.26. The second-order valence-corrected chi connectivity index (χ2v) is 4.77. The smallest absolute Gasteiger partial charge is 0.124 e. The molecule has 1 aromatic rings. The molecule has 4 heteroatoms. The lowest BCUT2D eigenvalue weighted by molar-refractivity contribution is 0.507. The lowest BCUT2D eigenvalue weighted by Gasteiger charge is -2.10. The molecule has 1 saturated carbocycles. The van der Waals surface area contributed by atoms with E-state index in [9.17, 15) is 0 Å². The number of rotatable bonds is 3. The Bertz CT molecular complexity index is 302. The largest absolute Gasteiger partial charge is 0.336 e. The second-order valence-electron chi connectivity index (χ2n) is 3.95. The van der Waals surface area contributed by atoms with Crippen LogP contribution in [0.1, 0.15) is 31.5 Å². The summed E-state index contributed by atoms with van der Waals surface area (Å²) >= 11 is 3.38. The van der Waals surface area contributed by atoms with Gasteiger partial charge in [-0.1, -0.05) is 12.8 Å². The molecular weight excluding hydrogens is 242 g/mol. The van der Waals surface area contributed by atoms with Crippen LogP contribution in [0.4, 0.5) is 0 Å². The molecule has 0 unspecified atom stereocenters. The van der Waals surface area contributed by atoms with Gasteiger partial charge >= 0.3 is 0 Å². The zero-order valence-electron chi connectivity index (χ0n) is 8.46. The van der Waals surface area contributed by atoms with Gasteiger partial charge in [0, 0.05) is 19.3 Å². The fraction of sp³-hybridized carbons (Fsp3) is 0.700. The van der Waals surface area contributed by atoms with Gasteiger partial charge in [-0.25, -0.2) is 4.98 Å². The Balaban J connectivity index is 1.87. The third kappa shape index (κ3) is 2.36. The molecule has 14 heavy (non-hydrogen) atoms. The Labute approximate surface area is 93.0 Å². The van der Waals surface area contributed by atoms with Crippen molar-refractivity contribution >= 4 is 15.9 Å². The Kier molecular flexibility index (Phi) is 3.23. The molecule has 0 atom stereocenters. The zero-order valence-corrected chi connectivity index (χ0v) is 10.0. The first-order valence-electron chi connectivity index (χ1n) is 5.17. The number of hydrogen-bond donors (Lipinski definition) is 1. The molecule has 0 amide bonds. The maximum atomic E-state index is 4.39.